The lowest BCUT2D eigenvalue weighted by Crippen LogP contribution is -2.54. The molecule has 2 rings (SSSR count). The number of rotatable bonds is 4. The number of carbonyl (C=O) groups excluding carboxylic acids is 2. The fourth-order valence-electron chi connectivity index (χ4n) is 3.27. The Balaban J connectivity index is 2.25. The van der Waals surface area contributed by atoms with Gasteiger partial charge in [0.05, 0.1) is 19.7 Å². The van der Waals surface area contributed by atoms with E-state index >= 15 is 0 Å². The molecule has 22 heavy (non-hydrogen) atoms. The summed E-state index contributed by atoms with van der Waals surface area (Å²) in [7, 11) is 1.14. The minimum Gasteiger partial charge on any atom is -0.625 e. The normalized spacial score (nSPS) is 27.6. The Labute approximate surface area is 131 Å². The molecule has 0 saturated carbocycles. The first-order valence-electron chi connectivity index (χ1n) is 7.79. The van der Waals surface area contributed by atoms with Crippen LogP contribution < -0.4 is 0 Å². The van der Waals surface area contributed by atoms with Crippen molar-refractivity contribution in [2.24, 2.45) is 0 Å². The Morgan fingerprint density at radius 1 is 1.32 bits per heavy atom. The van der Waals surface area contributed by atoms with E-state index in [0.29, 0.717) is 12.8 Å². The molecule has 1 fully saturated rings. The minimum absolute atomic E-state index is 0.00848. The van der Waals surface area contributed by atoms with Crippen molar-refractivity contribution in [3.8, 4) is 0 Å². The number of benzene rings is 1. The fourth-order valence-corrected chi connectivity index (χ4v) is 3.27. The highest BCUT2D eigenvalue weighted by Crippen LogP contribution is 2.39. The number of esters is 1. The van der Waals surface area contributed by atoms with Gasteiger partial charge in [0.1, 0.15) is 0 Å². The maximum Gasteiger partial charge on any atom is 0.437 e. The van der Waals surface area contributed by atoms with Crippen molar-refractivity contribution >= 4 is 11.9 Å². The molecular formula is C17H23NO4. The first-order valence-corrected chi connectivity index (χ1v) is 7.79. The third-order valence-corrected chi connectivity index (χ3v) is 4.50. The van der Waals surface area contributed by atoms with E-state index in [9.17, 15) is 14.8 Å². The molecule has 0 N–H and O–H groups in total. The highest BCUT2D eigenvalue weighted by atomic mass is 16.6. The van der Waals surface area contributed by atoms with Gasteiger partial charge in [-0.15, -0.1) is 0 Å². The van der Waals surface area contributed by atoms with Crippen molar-refractivity contribution in [3.63, 3.8) is 0 Å². The molecule has 1 amide bonds. The monoisotopic (exact) mass is 305 g/mol. The Morgan fingerprint density at radius 3 is 2.59 bits per heavy atom. The van der Waals surface area contributed by atoms with Crippen molar-refractivity contribution in [2.45, 2.75) is 44.6 Å². The molecule has 1 saturated heterocycles. The molecule has 1 aromatic rings. The van der Waals surface area contributed by atoms with Crippen LogP contribution >= 0.6 is 0 Å². The van der Waals surface area contributed by atoms with Gasteiger partial charge in [-0.3, -0.25) is 4.65 Å². The van der Waals surface area contributed by atoms with Crippen LogP contribution in [0.15, 0.2) is 30.3 Å². The molecule has 0 bridgehead atoms. The number of hydrogen-bond donors (Lipinski definition) is 0. The maximum absolute atomic E-state index is 13.1. The number of carbonyl (C=O) groups is 2. The third kappa shape index (κ3) is 3.20. The summed E-state index contributed by atoms with van der Waals surface area (Å²) in [6.07, 6.45) is 3.13. The van der Waals surface area contributed by atoms with Gasteiger partial charge in [0, 0.05) is 18.8 Å². The lowest BCUT2D eigenvalue weighted by molar-refractivity contribution is -0.814. The number of likely N-dealkylation sites (tertiary alicyclic amines) is 1. The molecule has 0 spiro atoms. The van der Waals surface area contributed by atoms with Gasteiger partial charge in [-0.25, -0.2) is 9.59 Å². The SMILES string of the molecule is CCCC[C@H]1CC(c2ccccc2)C[N+]1([O-])C(=O)C(=O)OC. The molecule has 120 valence electrons. The molecule has 0 radical (unpaired) electrons. The predicted octanol–water partition coefficient (Wildman–Crippen LogP) is 2.75. The summed E-state index contributed by atoms with van der Waals surface area (Å²) in [5, 5.41) is 13.1. The van der Waals surface area contributed by atoms with Crippen molar-refractivity contribution in [1.29, 1.82) is 0 Å². The molecule has 2 unspecified atom stereocenters. The summed E-state index contributed by atoms with van der Waals surface area (Å²) in [6, 6.07) is 9.36. The summed E-state index contributed by atoms with van der Waals surface area (Å²) >= 11 is 0. The van der Waals surface area contributed by atoms with Gasteiger partial charge >= 0.3 is 11.9 Å². The van der Waals surface area contributed by atoms with E-state index in [2.05, 4.69) is 4.74 Å². The van der Waals surface area contributed by atoms with Crippen LogP contribution in [-0.4, -0.2) is 36.2 Å². The van der Waals surface area contributed by atoms with Crippen molar-refractivity contribution in [2.75, 3.05) is 13.7 Å². The minimum atomic E-state index is -1.08. The predicted molar refractivity (Wildman–Crippen MR) is 82.6 cm³/mol. The third-order valence-electron chi connectivity index (χ3n) is 4.50. The molecule has 1 aliphatic rings. The fraction of sp³-hybridized carbons (Fsp3) is 0.529. The molecule has 1 aliphatic heterocycles. The standard InChI is InChI=1S/C17H23NO4/c1-3-4-10-15-11-14(13-8-6-5-7-9-13)12-18(15,21)16(19)17(20)22-2/h5-9,14-15H,3-4,10-12H2,1-2H3/t14?,15-,18?/m0/s1. The van der Waals surface area contributed by atoms with Gasteiger partial charge in [-0.2, -0.15) is 0 Å². The molecule has 3 atom stereocenters. The number of ether oxygens (including phenoxy) is 1. The van der Waals surface area contributed by atoms with E-state index in [4.69, 9.17) is 0 Å². The number of hydrogen-bond acceptors (Lipinski definition) is 4. The van der Waals surface area contributed by atoms with Crippen molar-refractivity contribution in [3.05, 3.63) is 41.1 Å². The van der Waals surface area contributed by atoms with Gasteiger partial charge < -0.3 is 9.94 Å². The number of amides is 1. The summed E-state index contributed by atoms with van der Waals surface area (Å²) < 4.78 is 3.40. The maximum atomic E-state index is 13.1. The van der Waals surface area contributed by atoms with Crippen LogP contribution in [0.2, 0.25) is 0 Å². The first kappa shape index (κ1) is 16.6. The molecule has 1 heterocycles. The topological polar surface area (TPSA) is 66.4 Å². The van der Waals surface area contributed by atoms with Crippen molar-refractivity contribution < 1.29 is 19.0 Å². The summed E-state index contributed by atoms with van der Waals surface area (Å²) in [5.41, 5.74) is 1.05. The second-order valence-corrected chi connectivity index (χ2v) is 5.91. The smallest absolute Gasteiger partial charge is 0.437 e. The van der Waals surface area contributed by atoms with E-state index in [1.165, 1.54) is 0 Å². The van der Waals surface area contributed by atoms with Crippen molar-refractivity contribution in [1.82, 2.24) is 0 Å². The zero-order valence-electron chi connectivity index (χ0n) is 13.2. The second kappa shape index (κ2) is 7.03. The summed E-state index contributed by atoms with van der Waals surface area (Å²) in [4.78, 5) is 23.8. The molecular weight excluding hydrogens is 282 g/mol. The number of methoxy groups -OCH3 is 1. The van der Waals surface area contributed by atoms with Gasteiger partial charge in [0.25, 0.3) is 0 Å². The lowest BCUT2D eigenvalue weighted by atomic mass is 9.95. The number of hydroxylamine groups is 3. The molecule has 0 aromatic heterocycles. The second-order valence-electron chi connectivity index (χ2n) is 5.91. The average molecular weight is 305 g/mol. The Bertz CT molecular complexity index is 531. The number of unbranched alkanes of at least 4 members (excludes halogenated alkanes) is 1. The molecule has 1 aromatic carbocycles. The van der Waals surface area contributed by atoms with Crippen LogP contribution in [-0.2, 0) is 14.3 Å². The van der Waals surface area contributed by atoms with Crippen LogP contribution in [0.1, 0.15) is 44.1 Å². The highest BCUT2D eigenvalue weighted by molar-refractivity contribution is 6.29. The lowest BCUT2D eigenvalue weighted by Gasteiger charge is -2.40. The molecule has 5 nitrogen and oxygen atoms in total. The van der Waals surface area contributed by atoms with Crippen LogP contribution in [0, 0.1) is 5.21 Å². The Hall–Kier alpha value is -1.72. The van der Waals surface area contributed by atoms with E-state index in [1.54, 1.807) is 0 Å². The van der Waals surface area contributed by atoms with Crippen LogP contribution in [0.25, 0.3) is 0 Å². The van der Waals surface area contributed by atoms with Gasteiger partial charge in [-0.1, -0.05) is 43.7 Å². The van der Waals surface area contributed by atoms with Crippen LogP contribution in [0.4, 0.5) is 0 Å². The van der Waals surface area contributed by atoms with Gasteiger partial charge in [-0.05, 0) is 12.0 Å². The number of nitrogens with zero attached hydrogens (tertiary/aromatic N) is 1. The van der Waals surface area contributed by atoms with Gasteiger partial charge in [0.15, 0.2) is 0 Å². The average Bonchev–Trinajstić information content (AvgIpc) is 2.90. The van der Waals surface area contributed by atoms with Crippen LogP contribution in [0.3, 0.4) is 0 Å². The molecule has 0 aliphatic carbocycles. The van der Waals surface area contributed by atoms with E-state index in [-0.39, 0.29) is 18.5 Å². The quantitative estimate of drug-likeness (QED) is 0.371. The largest absolute Gasteiger partial charge is 0.625 e. The summed E-state index contributed by atoms with van der Waals surface area (Å²) in [6.45, 7) is 2.16. The van der Waals surface area contributed by atoms with Crippen LogP contribution in [0.5, 0.6) is 0 Å². The highest BCUT2D eigenvalue weighted by Gasteiger charge is 2.49. The van der Waals surface area contributed by atoms with E-state index < -0.39 is 16.5 Å². The molecule has 5 heteroatoms. The van der Waals surface area contributed by atoms with E-state index in [1.807, 2.05) is 37.3 Å². The van der Waals surface area contributed by atoms with E-state index in [0.717, 1.165) is 25.5 Å². The zero-order chi connectivity index (χ0) is 16.2. The Kier molecular flexibility index (Phi) is 5.32. The number of quaternary nitrogens is 1. The zero-order valence-corrected chi connectivity index (χ0v) is 13.2. The Morgan fingerprint density at radius 2 is 2.00 bits per heavy atom. The van der Waals surface area contributed by atoms with Gasteiger partial charge in [0.2, 0.25) is 0 Å². The first-order chi connectivity index (χ1) is 10.5. The summed E-state index contributed by atoms with van der Waals surface area (Å²) in [5.74, 6) is -2.00.